The van der Waals surface area contributed by atoms with Crippen molar-refractivity contribution in [2.45, 2.75) is 19.3 Å². The number of hydrogen-bond donors (Lipinski definition) is 1. The van der Waals surface area contributed by atoms with Crippen molar-refractivity contribution in [2.75, 3.05) is 13.1 Å². The smallest absolute Gasteiger partial charge is 0.109 e. The maximum Gasteiger partial charge on any atom is 0.109 e. The molecular formula is C14H18BrN3. The quantitative estimate of drug-likeness (QED) is 0.924. The first kappa shape index (κ1) is 12.2. The number of halogens is 1. The Kier molecular flexibility index (Phi) is 3.39. The lowest BCUT2D eigenvalue weighted by Gasteiger charge is -2.22. The Morgan fingerprint density at radius 1 is 1.50 bits per heavy atom. The molecule has 4 heteroatoms. The van der Waals surface area contributed by atoms with Gasteiger partial charge in [-0.2, -0.15) is 0 Å². The van der Waals surface area contributed by atoms with Crippen molar-refractivity contribution in [1.82, 2.24) is 14.9 Å². The number of nitrogens with one attached hydrogen (secondary N) is 1. The zero-order chi connectivity index (χ0) is 12.5. The van der Waals surface area contributed by atoms with Gasteiger partial charge in [0.1, 0.15) is 5.82 Å². The molecule has 0 aliphatic carbocycles. The normalized spacial score (nSPS) is 20.4. The van der Waals surface area contributed by atoms with Gasteiger partial charge in [-0.05, 0) is 59.9 Å². The molecule has 18 heavy (non-hydrogen) atoms. The molecule has 1 aliphatic rings. The summed E-state index contributed by atoms with van der Waals surface area (Å²) in [6.45, 7) is 2.30. The SMILES string of the molecule is Cn1c(CC2CCCNC2)nc2cccc(Br)c21. The van der Waals surface area contributed by atoms with Gasteiger partial charge in [0.25, 0.3) is 0 Å². The number of nitrogens with zero attached hydrogens (tertiary/aromatic N) is 2. The Balaban J connectivity index is 1.92. The highest BCUT2D eigenvalue weighted by molar-refractivity contribution is 9.10. The highest BCUT2D eigenvalue weighted by Gasteiger charge is 2.17. The average molecular weight is 308 g/mol. The van der Waals surface area contributed by atoms with Gasteiger partial charge in [-0.3, -0.25) is 0 Å². The summed E-state index contributed by atoms with van der Waals surface area (Å²) in [5.41, 5.74) is 2.29. The molecule has 1 aromatic carbocycles. The highest BCUT2D eigenvalue weighted by Crippen LogP contribution is 2.25. The Labute approximate surface area is 116 Å². The fraction of sp³-hybridized carbons (Fsp3) is 0.500. The van der Waals surface area contributed by atoms with Crippen LogP contribution in [0.1, 0.15) is 18.7 Å². The van der Waals surface area contributed by atoms with Crippen LogP contribution in [0.2, 0.25) is 0 Å². The third kappa shape index (κ3) is 2.19. The number of aromatic nitrogens is 2. The van der Waals surface area contributed by atoms with E-state index in [2.05, 4.69) is 45.0 Å². The number of hydrogen-bond acceptors (Lipinski definition) is 2. The molecule has 1 unspecified atom stereocenters. The molecule has 1 aromatic heterocycles. The number of imidazole rings is 1. The maximum absolute atomic E-state index is 4.77. The predicted octanol–water partition coefficient (Wildman–Crippen LogP) is 2.88. The second kappa shape index (κ2) is 5.02. The Morgan fingerprint density at radius 3 is 3.11 bits per heavy atom. The molecule has 0 saturated carbocycles. The molecule has 96 valence electrons. The lowest BCUT2D eigenvalue weighted by molar-refractivity contribution is 0.368. The summed E-state index contributed by atoms with van der Waals surface area (Å²) in [5.74, 6) is 1.93. The van der Waals surface area contributed by atoms with Gasteiger partial charge in [-0.1, -0.05) is 6.07 Å². The van der Waals surface area contributed by atoms with E-state index in [4.69, 9.17) is 4.98 Å². The molecule has 1 fully saturated rings. The van der Waals surface area contributed by atoms with E-state index in [-0.39, 0.29) is 0 Å². The van der Waals surface area contributed by atoms with Gasteiger partial charge >= 0.3 is 0 Å². The van der Waals surface area contributed by atoms with Gasteiger partial charge in [-0.15, -0.1) is 0 Å². The molecule has 2 heterocycles. The molecule has 1 atom stereocenters. The molecule has 0 bridgehead atoms. The Hall–Kier alpha value is -0.870. The van der Waals surface area contributed by atoms with E-state index in [1.54, 1.807) is 0 Å². The standard InChI is InChI=1S/C14H18BrN3/c1-18-13(8-10-4-3-7-16-9-10)17-12-6-2-5-11(15)14(12)18/h2,5-6,10,16H,3-4,7-9H2,1H3. The van der Waals surface area contributed by atoms with Gasteiger partial charge < -0.3 is 9.88 Å². The fourth-order valence-electron chi connectivity index (χ4n) is 2.81. The van der Waals surface area contributed by atoms with Gasteiger partial charge in [0.05, 0.1) is 11.0 Å². The molecule has 3 nitrogen and oxygen atoms in total. The van der Waals surface area contributed by atoms with Gasteiger partial charge in [-0.25, -0.2) is 4.98 Å². The zero-order valence-electron chi connectivity index (χ0n) is 10.6. The van der Waals surface area contributed by atoms with Crippen molar-refractivity contribution < 1.29 is 0 Å². The first-order valence-corrected chi connectivity index (χ1v) is 7.35. The number of benzene rings is 1. The van der Waals surface area contributed by atoms with Crippen LogP contribution in [0, 0.1) is 5.92 Å². The van der Waals surface area contributed by atoms with Crippen molar-refractivity contribution in [1.29, 1.82) is 0 Å². The zero-order valence-corrected chi connectivity index (χ0v) is 12.2. The van der Waals surface area contributed by atoms with E-state index >= 15 is 0 Å². The summed E-state index contributed by atoms with van der Waals surface area (Å²) in [4.78, 5) is 4.77. The minimum absolute atomic E-state index is 0.730. The number of para-hydroxylation sites is 1. The van der Waals surface area contributed by atoms with Gasteiger partial charge in [0, 0.05) is 17.9 Å². The van der Waals surface area contributed by atoms with Crippen LogP contribution in [0.3, 0.4) is 0 Å². The molecule has 0 spiro atoms. The lowest BCUT2D eigenvalue weighted by Crippen LogP contribution is -2.31. The largest absolute Gasteiger partial charge is 0.330 e. The van der Waals surface area contributed by atoms with Crippen LogP contribution in [-0.4, -0.2) is 22.6 Å². The summed E-state index contributed by atoms with van der Waals surface area (Å²) in [7, 11) is 2.12. The van der Waals surface area contributed by atoms with E-state index in [1.807, 2.05) is 6.07 Å². The molecule has 2 aromatic rings. The van der Waals surface area contributed by atoms with Crippen molar-refractivity contribution in [3.05, 3.63) is 28.5 Å². The lowest BCUT2D eigenvalue weighted by atomic mass is 9.96. The number of rotatable bonds is 2. The summed E-state index contributed by atoms with van der Waals surface area (Å²) in [6.07, 6.45) is 3.68. The van der Waals surface area contributed by atoms with E-state index in [0.29, 0.717) is 0 Å². The maximum atomic E-state index is 4.77. The van der Waals surface area contributed by atoms with E-state index in [1.165, 1.54) is 30.7 Å². The molecule has 0 amide bonds. The molecule has 3 rings (SSSR count). The third-order valence-electron chi connectivity index (χ3n) is 3.81. The average Bonchev–Trinajstić information content (AvgIpc) is 2.69. The number of piperidine rings is 1. The summed E-state index contributed by atoms with van der Waals surface area (Å²) in [5, 5.41) is 3.47. The van der Waals surface area contributed by atoms with Crippen molar-refractivity contribution in [2.24, 2.45) is 13.0 Å². The van der Waals surface area contributed by atoms with Crippen LogP contribution in [0.4, 0.5) is 0 Å². The summed E-state index contributed by atoms with van der Waals surface area (Å²) in [6, 6.07) is 6.21. The second-order valence-corrected chi connectivity index (χ2v) is 5.97. The van der Waals surface area contributed by atoms with Gasteiger partial charge in [0.15, 0.2) is 0 Å². The molecular weight excluding hydrogens is 290 g/mol. The van der Waals surface area contributed by atoms with Crippen molar-refractivity contribution >= 4 is 27.0 Å². The first-order valence-electron chi connectivity index (χ1n) is 6.56. The molecule has 1 N–H and O–H groups in total. The number of fused-ring (bicyclic) bond motifs is 1. The summed E-state index contributed by atoms with van der Waals surface area (Å²) < 4.78 is 3.36. The summed E-state index contributed by atoms with van der Waals surface area (Å²) >= 11 is 3.61. The predicted molar refractivity (Wildman–Crippen MR) is 77.7 cm³/mol. The molecule has 1 aliphatic heterocycles. The Morgan fingerprint density at radius 2 is 2.39 bits per heavy atom. The molecule has 0 radical (unpaired) electrons. The minimum Gasteiger partial charge on any atom is -0.330 e. The van der Waals surface area contributed by atoms with E-state index in [9.17, 15) is 0 Å². The van der Waals surface area contributed by atoms with Crippen molar-refractivity contribution in [3.8, 4) is 0 Å². The molecule has 1 saturated heterocycles. The number of aryl methyl sites for hydroxylation is 1. The van der Waals surface area contributed by atoms with E-state index in [0.717, 1.165) is 28.9 Å². The van der Waals surface area contributed by atoms with Crippen molar-refractivity contribution in [3.63, 3.8) is 0 Å². The van der Waals surface area contributed by atoms with Crippen LogP contribution >= 0.6 is 15.9 Å². The monoisotopic (exact) mass is 307 g/mol. The minimum atomic E-state index is 0.730. The Bertz CT molecular complexity index is 555. The second-order valence-electron chi connectivity index (χ2n) is 5.11. The first-order chi connectivity index (χ1) is 8.75. The fourth-order valence-corrected chi connectivity index (χ4v) is 3.43. The van der Waals surface area contributed by atoms with E-state index < -0.39 is 0 Å². The van der Waals surface area contributed by atoms with Crippen LogP contribution in [0.25, 0.3) is 11.0 Å². The van der Waals surface area contributed by atoms with Crippen LogP contribution in [0.5, 0.6) is 0 Å². The van der Waals surface area contributed by atoms with Crippen LogP contribution in [0.15, 0.2) is 22.7 Å². The topological polar surface area (TPSA) is 29.9 Å². The van der Waals surface area contributed by atoms with Crippen LogP contribution < -0.4 is 5.32 Å². The van der Waals surface area contributed by atoms with Gasteiger partial charge in [0.2, 0.25) is 0 Å². The third-order valence-corrected chi connectivity index (χ3v) is 4.45. The van der Waals surface area contributed by atoms with Crippen LogP contribution in [-0.2, 0) is 13.5 Å². The highest BCUT2D eigenvalue weighted by atomic mass is 79.9.